The Hall–Kier alpha value is -1.26. The zero-order chi connectivity index (χ0) is 14.0. The molecule has 0 aliphatic heterocycles. The maximum atomic E-state index is 5.99. The minimum atomic E-state index is 0.445. The number of hydrogen-bond acceptors (Lipinski definition) is 3. The number of hydrogen-bond donors (Lipinski definition) is 1. The van der Waals surface area contributed by atoms with Gasteiger partial charge in [0.2, 0.25) is 0 Å². The molecule has 2 aromatic heterocycles. The van der Waals surface area contributed by atoms with E-state index in [9.17, 15) is 0 Å². The third-order valence-electron chi connectivity index (χ3n) is 3.09. The molecule has 4 nitrogen and oxygen atoms in total. The first-order chi connectivity index (χ1) is 8.97. The molecule has 0 amide bonds. The SMILES string of the molecule is Cc1cc(Cn2ncc(Cl)c2C)oc1CNC(C)C. The van der Waals surface area contributed by atoms with E-state index in [4.69, 9.17) is 16.0 Å². The van der Waals surface area contributed by atoms with Gasteiger partial charge in [-0.1, -0.05) is 25.4 Å². The number of nitrogens with one attached hydrogen (secondary N) is 1. The highest BCUT2D eigenvalue weighted by atomic mass is 35.5. The van der Waals surface area contributed by atoms with Crippen LogP contribution in [0.2, 0.25) is 5.02 Å². The van der Waals surface area contributed by atoms with E-state index in [0.717, 1.165) is 23.8 Å². The molecular formula is C14H20ClN3O. The van der Waals surface area contributed by atoms with Gasteiger partial charge in [0.1, 0.15) is 11.5 Å². The van der Waals surface area contributed by atoms with Crippen LogP contribution in [0.1, 0.15) is 36.6 Å². The highest BCUT2D eigenvalue weighted by Gasteiger charge is 2.11. The molecule has 2 rings (SSSR count). The molecule has 0 aliphatic carbocycles. The summed E-state index contributed by atoms with van der Waals surface area (Å²) in [6, 6.07) is 2.51. The first-order valence-corrected chi connectivity index (χ1v) is 6.84. The van der Waals surface area contributed by atoms with Crippen molar-refractivity contribution in [3.05, 3.63) is 40.1 Å². The maximum absolute atomic E-state index is 5.99. The largest absolute Gasteiger partial charge is 0.462 e. The number of aryl methyl sites for hydroxylation is 1. The lowest BCUT2D eigenvalue weighted by molar-refractivity contribution is 0.418. The van der Waals surface area contributed by atoms with Crippen LogP contribution in [0.4, 0.5) is 0 Å². The van der Waals surface area contributed by atoms with Gasteiger partial charge in [0.15, 0.2) is 0 Å². The third-order valence-corrected chi connectivity index (χ3v) is 3.46. The fraction of sp³-hybridized carbons (Fsp3) is 0.500. The zero-order valence-corrected chi connectivity index (χ0v) is 12.6. The summed E-state index contributed by atoms with van der Waals surface area (Å²) in [4.78, 5) is 0. The Bertz CT molecular complexity index is 557. The van der Waals surface area contributed by atoms with Crippen LogP contribution in [0.15, 0.2) is 16.7 Å². The Morgan fingerprint density at radius 3 is 2.74 bits per heavy atom. The van der Waals surface area contributed by atoms with Gasteiger partial charge in [-0.3, -0.25) is 4.68 Å². The highest BCUT2D eigenvalue weighted by molar-refractivity contribution is 6.31. The van der Waals surface area contributed by atoms with Gasteiger partial charge in [-0.15, -0.1) is 0 Å². The molecule has 0 spiro atoms. The van der Waals surface area contributed by atoms with Crippen molar-refractivity contribution in [2.45, 2.75) is 46.8 Å². The quantitative estimate of drug-likeness (QED) is 0.914. The Morgan fingerprint density at radius 2 is 2.16 bits per heavy atom. The molecule has 2 aromatic rings. The van der Waals surface area contributed by atoms with Gasteiger partial charge < -0.3 is 9.73 Å². The Balaban J connectivity index is 2.09. The van der Waals surface area contributed by atoms with Crippen molar-refractivity contribution >= 4 is 11.6 Å². The summed E-state index contributed by atoms with van der Waals surface area (Å²) >= 11 is 5.99. The number of halogens is 1. The first kappa shape index (κ1) is 14.2. The van der Waals surface area contributed by atoms with Crippen molar-refractivity contribution in [1.29, 1.82) is 0 Å². The average molecular weight is 282 g/mol. The lowest BCUT2D eigenvalue weighted by atomic mass is 10.2. The topological polar surface area (TPSA) is 43.0 Å². The molecule has 19 heavy (non-hydrogen) atoms. The number of nitrogens with zero attached hydrogens (tertiary/aromatic N) is 2. The van der Waals surface area contributed by atoms with E-state index in [1.807, 2.05) is 11.6 Å². The summed E-state index contributed by atoms with van der Waals surface area (Å²) in [6.45, 7) is 9.62. The predicted octanol–water partition coefficient (Wildman–Crippen LogP) is 3.29. The van der Waals surface area contributed by atoms with Gasteiger partial charge in [-0.05, 0) is 25.5 Å². The van der Waals surface area contributed by atoms with Gasteiger partial charge >= 0.3 is 0 Å². The molecular weight excluding hydrogens is 262 g/mol. The average Bonchev–Trinajstić information content (AvgIpc) is 2.84. The van der Waals surface area contributed by atoms with Crippen LogP contribution in [0.25, 0.3) is 0 Å². The van der Waals surface area contributed by atoms with E-state index in [2.05, 4.69) is 37.3 Å². The Morgan fingerprint density at radius 1 is 1.42 bits per heavy atom. The van der Waals surface area contributed by atoms with E-state index in [1.54, 1.807) is 6.20 Å². The predicted molar refractivity (Wildman–Crippen MR) is 76.5 cm³/mol. The van der Waals surface area contributed by atoms with Crippen LogP contribution in [0.5, 0.6) is 0 Å². The van der Waals surface area contributed by atoms with Crippen molar-refractivity contribution in [1.82, 2.24) is 15.1 Å². The molecule has 0 aromatic carbocycles. The van der Waals surface area contributed by atoms with Crippen LogP contribution >= 0.6 is 11.6 Å². The van der Waals surface area contributed by atoms with E-state index in [0.29, 0.717) is 17.6 Å². The van der Waals surface area contributed by atoms with Gasteiger partial charge in [0.25, 0.3) is 0 Å². The summed E-state index contributed by atoms with van der Waals surface area (Å²) in [6.07, 6.45) is 1.66. The molecule has 104 valence electrons. The van der Waals surface area contributed by atoms with Crippen molar-refractivity contribution in [3.8, 4) is 0 Å². The number of rotatable bonds is 5. The van der Waals surface area contributed by atoms with Gasteiger partial charge in [-0.2, -0.15) is 5.10 Å². The summed E-state index contributed by atoms with van der Waals surface area (Å²) in [5, 5.41) is 8.28. The molecule has 0 fully saturated rings. The molecule has 0 saturated heterocycles. The van der Waals surface area contributed by atoms with Gasteiger partial charge in [0, 0.05) is 6.04 Å². The molecule has 1 N–H and O–H groups in total. The second-order valence-electron chi connectivity index (χ2n) is 5.09. The molecule has 5 heteroatoms. The second kappa shape index (κ2) is 5.80. The normalized spacial score (nSPS) is 11.5. The van der Waals surface area contributed by atoms with E-state index in [-0.39, 0.29) is 0 Å². The monoisotopic (exact) mass is 281 g/mol. The number of furan rings is 1. The van der Waals surface area contributed by atoms with Crippen LogP contribution in [-0.2, 0) is 13.1 Å². The first-order valence-electron chi connectivity index (χ1n) is 6.47. The molecule has 0 saturated carbocycles. The van der Waals surface area contributed by atoms with Gasteiger partial charge in [0.05, 0.1) is 30.0 Å². The standard InChI is InChI=1S/C14H20ClN3O/c1-9(2)16-7-14-10(3)5-12(19-14)8-18-11(4)13(15)6-17-18/h5-6,9,16H,7-8H2,1-4H3. The van der Waals surface area contributed by atoms with Crippen molar-refractivity contribution < 1.29 is 4.42 Å². The minimum absolute atomic E-state index is 0.445. The van der Waals surface area contributed by atoms with E-state index in [1.165, 1.54) is 5.56 Å². The summed E-state index contributed by atoms with van der Waals surface area (Å²) in [5.74, 6) is 1.89. The fourth-order valence-electron chi connectivity index (χ4n) is 1.87. The molecule has 0 unspecified atom stereocenters. The number of aromatic nitrogens is 2. The molecule has 0 atom stereocenters. The molecule has 0 aliphatic rings. The second-order valence-corrected chi connectivity index (χ2v) is 5.50. The van der Waals surface area contributed by atoms with E-state index < -0.39 is 0 Å². The third kappa shape index (κ3) is 3.39. The summed E-state index contributed by atoms with van der Waals surface area (Å²) < 4.78 is 7.71. The van der Waals surface area contributed by atoms with Crippen molar-refractivity contribution in [2.75, 3.05) is 0 Å². The molecule has 2 heterocycles. The van der Waals surface area contributed by atoms with Crippen molar-refractivity contribution in [2.24, 2.45) is 0 Å². The minimum Gasteiger partial charge on any atom is -0.462 e. The summed E-state index contributed by atoms with van der Waals surface area (Å²) in [5.41, 5.74) is 2.12. The van der Waals surface area contributed by atoms with Crippen LogP contribution in [-0.4, -0.2) is 15.8 Å². The lowest BCUT2D eigenvalue weighted by Gasteiger charge is -2.06. The Labute approximate surface area is 118 Å². The molecule has 0 radical (unpaired) electrons. The maximum Gasteiger partial charge on any atom is 0.126 e. The summed E-state index contributed by atoms with van der Waals surface area (Å²) in [7, 11) is 0. The van der Waals surface area contributed by atoms with Crippen molar-refractivity contribution in [3.63, 3.8) is 0 Å². The van der Waals surface area contributed by atoms with Crippen LogP contribution in [0, 0.1) is 13.8 Å². The van der Waals surface area contributed by atoms with Gasteiger partial charge in [-0.25, -0.2) is 0 Å². The lowest BCUT2D eigenvalue weighted by Crippen LogP contribution is -2.21. The van der Waals surface area contributed by atoms with Crippen LogP contribution in [0.3, 0.4) is 0 Å². The van der Waals surface area contributed by atoms with E-state index >= 15 is 0 Å². The fourth-order valence-corrected chi connectivity index (χ4v) is 2.01. The smallest absolute Gasteiger partial charge is 0.126 e. The van der Waals surface area contributed by atoms with Crippen LogP contribution < -0.4 is 5.32 Å². The highest BCUT2D eigenvalue weighted by Crippen LogP contribution is 2.18. The molecule has 0 bridgehead atoms. The Kier molecular flexibility index (Phi) is 4.32. The zero-order valence-electron chi connectivity index (χ0n) is 11.8.